The lowest BCUT2D eigenvalue weighted by atomic mass is 10.1. The van der Waals surface area contributed by atoms with Crippen molar-refractivity contribution in [2.75, 3.05) is 13.4 Å². The molecule has 18 heavy (non-hydrogen) atoms. The third kappa shape index (κ3) is 1.97. The van der Waals surface area contributed by atoms with Crippen LogP contribution in [0.1, 0.15) is 18.4 Å². The van der Waals surface area contributed by atoms with Gasteiger partial charge in [0.05, 0.1) is 12.7 Å². The summed E-state index contributed by atoms with van der Waals surface area (Å²) in [7, 11) is -2.91. The maximum Gasteiger partial charge on any atom is 0.187 e. The second-order valence-electron chi connectivity index (χ2n) is 4.39. The molecular weight excluding hydrogens is 266 g/mol. The summed E-state index contributed by atoms with van der Waals surface area (Å²) in [5.41, 5.74) is -1.37. The first-order valence-electron chi connectivity index (χ1n) is 5.19. The molecule has 100 valence electrons. The van der Waals surface area contributed by atoms with Gasteiger partial charge in [0.2, 0.25) is 0 Å². The molecule has 4 nitrogen and oxygen atoms in total. The summed E-state index contributed by atoms with van der Waals surface area (Å²) in [5.74, 6) is -2.93. The summed E-state index contributed by atoms with van der Waals surface area (Å²) in [4.78, 5) is -1.03. The number of hydrogen-bond acceptors (Lipinski definition) is 4. The van der Waals surface area contributed by atoms with Gasteiger partial charge >= 0.3 is 0 Å². The number of benzene rings is 1. The van der Waals surface area contributed by atoms with Crippen LogP contribution in [0.5, 0.6) is 5.75 Å². The van der Waals surface area contributed by atoms with E-state index in [0.717, 1.165) is 13.2 Å². The van der Waals surface area contributed by atoms with Crippen molar-refractivity contribution in [3.63, 3.8) is 0 Å². The van der Waals surface area contributed by atoms with Gasteiger partial charge in [0.1, 0.15) is 10.7 Å². The topological polar surface area (TPSA) is 63.6 Å². The van der Waals surface area contributed by atoms with Crippen molar-refractivity contribution < 1.29 is 27.0 Å². The van der Waals surface area contributed by atoms with Gasteiger partial charge in [-0.25, -0.2) is 17.2 Å². The quantitative estimate of drug-likeness (QED) is 0.906. The maximum atomic E-state index is 14.0. The van der Waals surface area contributed by atoms with Crippen molar-refractivity contribution in [3.8, 4) is 5.75 Å². The fourth-order valence-electron chi connectivity index (χ4n) is 1.86. The highest BCUT2D eigenvalue weighted by molar-refractivity contribution is 7.90. The average molecular weight is 278 g/mol. The molecule has 0 radical (unpaired) electrons. The zero-order valence-electron chi connectivity index (χ0n) is 9.83. The zero-order valence-corrected chi connectivity index (χ0v) is 10.6. The van der Waals surface area contributed by atoms with E-state index in [1.165, 1.54) is 0 Å². The van der Waals surface area contributed by atoms with Gasteiger partial charge in [-0.3, -0.25) is 0 Å². The molecule has 0 heterocycles. The molecule has 0 unspecified atom stereocenters. The molecule has 1 aliphatic carbocycles. The van der Waals surface area contributed by atoms with E-state index in [-0.39, 0.29) is 5.56 Å². The Kier molecular flexibility index (Phi) is 2.86. The fourth-order valence-corrected chi connectivity index (χ4v) is 2.69. The van der Waals surface area contributed by atoms with Crippen LogP contribution in [-0.4, -0.2) is 26.9 Å². The molecular formula is C11H12F2O4S. The van der Waals surface area contributed by atoms with Gasteiger partial charge < -0.3 is 9.84 Å². The number of aliphatic hydroxyl groups is 1. The predicted octanol–water partition coefficient (Wildman–Crippen LogP) is 1.36. The van der Waals surface area contributed by atoms with E-state index in [1.807, 2.05) is 0 Å². The van der Waals surface area contributed by atoms with E-state index in [9.17, 15) is 22.3 Å². The molecule has 1 aromatic rings. The normalized spacial score (nSPS) is 17.6. The fraction of sp³-hybridized carbons (Fsp3) is 0.455. The van der Waals surface area contributed by atoms with Crippen LogP contribution in [0.15, 0.2) is 11.0 Å². The molecule has 0 aromatic heterocycles. The Morgan fingerprint density at radius 3 is 2.33 bits per heavy atom. The first kappa shape index (κ1) is 13.2. The minimum atomic E-state index is -4.05. The Morgan fingerprint density at radius 1 is 1.39 bits per heavy atom. The van der Waals surface area contributed by atoms with Crippen molar-refractivity contribution in [2.24, 2.45) is 0 Å². The Balaban J connectivity index is 2.76. The maximum absolute atomic E-state index is 14.0. The molecule has 0 atom stereocenters. The molecule has 0 spiro atoms. The van der Waals surface area contributed by atoms with Crippen molar-refractivity contribution >= 4 is 9.84 Å². The Morgan fingerprint density at radius 2 is 1.94 bits per heavy atom. The zero-order chi connectivity index (χ0) is 13.7. The van der Waals surface area contributed by atoms with Crippen molar-refractivity contribution in [3.05, 3.63) is 23.3 Å². The van der Waals surface area contributed by atoms with Gasteiger partial charge in [-0.1, -0.05) is 0 Å². The van der Waals surface area contributed by atoms with Crippen LogP contribution in [0, 0.1) is 11.6 Å². The van der Waals surface area contributed by atoms with Gasteiger partial charge in [-0.15, -0.1) is 0 Å². The van der Waals surface area contributed by atoms with Gasteiger partial charge in [0, 0.05) is 11.8 Å². The smallest absolute Gasteiger partial charge is 0.187 e. The highest BCUT2D eigenvalue weighted by Crippen LogP contribution is 2.50. The van der Waals surface area contributed by atoms with Crippen molar-refractivity contribution in [1.82, 2.24) is 0 Å². The molecule has 1 N–H and O–H groups in total. The first-order valence-corrected chi connectivity index (χ1v) is 7.09. The highest BCUT2D eigenvalue weighted by atomic mass is 32.2. The molecule has 1 saturated carbocycles. The van der Waals surface area contributed by atoms with Crippen LogP contribution in [-0.2, 0) is 15.4 Å². The van der Waals surface area contributed by atoms with Crippen LogP contribution >= 0.6 is 0 Å². The van der Waals surface area contributed by atoms with E-state index in [4.69, 9.17) is 4.74 Å². The third-order valence-electron chi connectivity index (χ3n) is 2.93. The second kappa shape index (κ2) is 3.89. The Hall–Kier alpha value is -1.21. The average Bonchev–Trinajstić information content (AvgIpc) is 2.95. The number of methoxy groups -OCH3 is 1. The highest BCUT2D eigenvalue weighted by Gasteiger charge is 2.46. The lowest BCUT2D eigenvalue weighted by Crippen LogP contribution is -2.13. The summed E-state index contributed by atoms with van der Waals surface area (Å²) in [6.45, 7) is 0. The van der Waals surface area contributed by atoms with Gasteiger partial charge in [-0.05, 0) is 18.9 Å². The first-order chi connectivity index (χ1) is 8.20. The molecule has 7 heteroatoms. The van der Waals surface area contributed by atoms with Crippen LogP contribution in [0.25, 0.3) is 0 Å². The second-order valence-corrected chi connectivity index (χ2v) is 6.34. The van der Waals surface area contributed by atoms with E-state index >= 15 is 0 Å². The van der Waals surface area contributed by atoms with E-state index in [1.54, 1.807) is 0 Å². The summed E-state index contributed by atoms with van der Waals surface area (Å²) in [6, 6.07) is 0.825. The summed E-state index contributed by atoms with van der Waals surface area (Å²) < 4.78 is 55.1. The summed E-state index contributed by atoms with van der Waals surface area (Å²) in [6.07, 6.45) is 1.43. The van der Waals surface area contributed by atoms with Crippen LogP contribution < -0.4 is 4.74 Å². The number of sulfone groups is 1. The SMILES string of the molecule is COc1c(C2(O)CC2)cc(F)c(S(C)(=O)=O)c1F. The minimum absolute atomic E-state index is 0.0487. The van der Waals surface area contributed by atoms with Gasteiger partial charge in [0.25, 0.3) is 0 Å². The lowest BCUT2D eigenvalue weighted by molar-refractivity contribution is 0.145. The molecule has 0 amide bonds. The predicted molar refractivity (Wildman–Crippen MR) is 59.2 cm³/mol. The van der Waals surface area contributed by atoms with Gasteiger partial charge in [0.15, 0.2) is 21.4 Å². The number of rotatable bonds is 3. The molecule has 1 aliphatic rings. The molecule has 1 fully saturated rings. The standard InChI is InChI=1S/C11H12F2O4S/c1-17-9-6(11(14)3-4-11)5-7(12)10(8(9)13)18(2,15)16/h5,14H,3-4H2,1-2H3. The summed E-state index contributed by atoms with van der Waals surface area (Å²) >= 11 is 0. The largest absolute Gasteiger partial charge is 0.493 e. The Bertz CT molecular complexity index is 606. The third-order valence-corrected chi connectivity index (χ3v) is 4.05. The minimum Gasteiger partial charge on any atom is -0.493 e. The number of halogens is 2. The van der Waals surface area contributed by atoms with Crippen LogP contribution in [0.4, 0.5) is 8.78 Å². The van der Waals surface area contributed by atoms with Crippen LogP contribution in [0.2, 0.25) is 0 Å². The molecule has 1 aromatic carbocycles. The van der Waals surface area contributed by atoms with Crippen molar-refractivity contribution in [2.45, 2.75) is 23.3 Å². The van der Waals surface area contributed by atoms with Crippen molar-refractivity contribution in [1.29, 1.82) is 0 Å². The molecule has 0 aliphatic heterocycles. The van der Waals surface area contributed by atoms with E-state index in [2.05, 4.69) is 0 Å². The van der Waals surface area contributed by atoms with E-state index in [0.29, 0.717) is 19.1 Å². The van der Waals surface area contributed by atoms with Gasteiger partial charge in [-0.2, -0.15) is 0 Å². The molecule has 0 bridgehead atoms. The molecule has 0 saturated heterocycles. The van der Waals surface area contributed by atoms with Crippen LogP contribution in [0.3, 0.4) is 0 Å². The lowest BCUT2D eigenvalue weighted by Gasteiger charge is -2.16. The van der Waals surface area contributed by atoms with E-state index < -0.39 is 37.7 Å². The summed E-state index contributed by atoms with van der Waals surface area (Å²) in [5, 5.41) is 9.89. The molecule has 2 rings (SSSR count). The monoisotopic (exact) mass is 278 g/mol. The Labute approximate surface area is 103 Å². The number of hydrogen-bond donors (Lipinski definition) is 1. The number of ether oxygens (including phenoxy) is 1.